The molecule has 1 rings (SSSR count). The predicted molar refractivity (Wildman–Crippen MR) is 72.9 cm³/mol. The van der Waals surface area contributed by atoms with Gasteiger partial charge in [0.25, 0.3) is 0 Å². The minimum atomic E-state index is -0.935. The molecule has 0 spiro atoms. The van der Waals surface area contributed by atoms with E-state index in [9.17, 15) is 9.18 Å². The molecule has 4 heteroatoms. The van der Waals surface area contributed by atoms with Gasteiger partial charge in [0.05, 0.1) is 13.7 Å². The van der Waals surface area contributed by atoms with E-state index in [4.69, 9.17) is 4.74 Å². The van der Waals surface area contributed by atoms with Crippen molar-refractivity contribution >= 4 is 12.0 Å². The van der Waals surface area contributed by atoms with Crippen molar-refractivity contribution in [3.63, 3.8) is 0 Å². The van der Waals surface area contributed by atoms with Gasteiger partial charge < -0.3 is 9.47 Å². The number of carbonyl (C=O) groups excluding carboxylic acids is 1. The zero-order valence-corrected chi connectivity index (χ0v) is 12.0. The number of aryl methyl sites for hydroxylation is 1. The molecule has 0 amide bonds. The normalized spacial score (nSPS) is 11.4. The Kier molecular flexibility index (Phi) is 5.10. The van der Waals surface area contributed by atoms with E-state index >= 15 is 0 Å². The molecule has 0 unspecified atom stereocenters. The summed E-state index contributed by atoms with van der Waals surface area (Å²) in [6.45, 7) is 7.40. The van der Waals surface area contributed by atoms with Gasteiger partial charge in [0.1, 0.15) is 5.75 Å². The lowest BCUT2D eigenvalue weighted by Crippen LogP contribution is -2.05. The number of benzene rings is 1. The van der Waals surface area contributed by atoms with E-state index in [-0.39, 0.29) is 6.61 Å². The first-order valence-corrected chi connectivity index (χ1v) is 6.11. The molecular formula is C15H19FO3. The van der Waals surface area contributed by atoms with Gasteiger partial charge in [-0.2, -0.15) is 4.39 Å². The maximum Gasteiger partial charge on any atom is 0.367 e. The predicted octanol–water partition coefficient (Wildman–Crippen LogP) is 3.49. The second-order valence-corrected chi connectivity index (χ2v) is 4.27. The summed E-state index contributed by atoms with van der Waals surface area (Å²) in [5, 5.41) is 0. The van der Waals surface area contributed by atoms with Crippen LogP contribution >= 0.6 is 0 Å². The van der Waals surface area contributed by atoms with Gasteiger partial charge in [0.15, 0.2) is 0 Å². The Bertz CT molecular complexity index is 519. The summed E-state index contributed by atoms with van der Waals surface area (Å²) in [7, 11) is 1.59. The number of esters is 1. The highest BCUT2D eigenvalue weighted by molar-refractivity contribution is 5.91. The highest BCUT2D eigenvalue weighted by atomic mass is 19.1. The number of methoxy groups -OCH3 is 1. The van der Waals surface area contributed by atoms with E-state index in [0.717, 1.165) is 22.4 Å². The molecule has 0 fully saturated rings. The number of carbonyl (C=O) groups is 1. The quantitative estimate of drug-likeness (QED) is 0.618. The fourth-order valence-electron chi connectivity index (χ4n) is 1.88. The molecule has 0 atom stereocenters. The SMILES string of the molecule is CCOC(=O)C(F)=Cc1c(C)cc(OC)c(C)c1C. The zero-order chi connectivity index (χ0) is 14.6. The van der Waals surface area contributed by atoms with Crippen LogP contribution in [-0.2, 0) is 9.53 Å². The Morgan fingerprint density at radius 3 is 2.47 bits per heavy atom. The van der Waals surface area contributed by atoms with E-state index in [1.807, 2.05) is 26.8 Å². The molecule has 0 saturated carbocycles. The highest BCUT2D eigenvalue weighted by Gasteiger charge is 2.14. The van der Waals surface area contributed by atoms with Crippen molar-refractivity contribution in [2.75, 3.05) is 13.7 Å². The summed E-state index contributed by atoms with van der Waals surface area (Å²) < 4.78 is 23.6. The molecule has 0 aliphatic rings. The number of halogens is 1. The molecule has 3 nitrogen and oxygen atoms in total. The van der Waals surface area contributed by atoms with Crippen LogP contribution in [0.1, 0.15) is 29.2 Å². The van der Waals surface area contributed by atoms with Gasteiger partial charge in [-0.25, -0.2) is 4.79 Å². The van der Waals surface area contributed by atoms with E-state index < -0.39 is 11.8 Å². The lowest BCUT2D eigenvalue weighted by atomic mass is 9.97. The zero-order valence-electron chi connectivity index (χ0n) is 12.0. The molecule has 0 aliphatic carbocycles. The molecule has 0 saturated heterocycles. The molecular weight excluding hydrogens is 247 g/mol. The molecule has 0 aromatic heterocycles. The monoisotopic (exact) mass is 266 g/mol. The Labute approximate surface area is 113 Å². The van der Waals surface area contributed by atoms with Crippen molar-refractivity contribution in [2.45, 2.75) is 27.7 Å². The van der Waals surface area contributed by atoms with Gasteiger partial charge >= 0.3 is 5.97 Å². The Morgan fingerprint density at radius 1 is 1.32 bits per heavy atom. The van der Waals surface area contributed by atoms with Gasteiger partial charge in [0, 0.05) is 0 Å². The summed E-state index contributed by atoms with van der Waals surface area (Å²) in [6.07, 6.45) is 1.22. The number of rotatable bonds is 4. The van der Waals surface area contributed by atoms with Gasteiger partial charge in [0.2, 0.25) is 5.83 Å². The summed E-state index contributed by atoms with van der Waals surface area (Å²) in [5.41, 5.74) is 3.34. The van der Waals surface area contributed by atoms with Gasteiger partial charge in [-0.15, -0.1) is 0 Å². The van der Waals surface area contributed by atoms with E-state index in [2.05, 4.69) is 4.74 Å². The Balaban J connectivity index is 3.25. The van der Waals surface area contributed by atoms with Crippen LogP contribution in [0.3, 0.4) is 0 Å². The summed E-state index contributed by atoms with van der Waals surface area (Å²) >= 11 is 0. The van der Waals surface area contributed by atoms with Crippen LogP contribution < -0.4 is 4.74 Å². The maximum absolute atomic E-state index is 13.7. The second kappa shape index (κ2) is 6.36. The van der Waals surface area contributed by atoms with Crippen molar-refractivity contribution in [1.29, 1.82) is 0 Å². The molecule has 0 heterocycles. The van der Waals surface area contributed by atoms with Gasteiger partial charge in [-0.3, -0.25) is 0 Å². The minimum Gasteiger partial charge on any atom is -0.496 e. The number of ether oxygens (including phenoxy) is 2. The molecule has 1 aromatic rings. The van der Waals surface area contributed by atoms with Crippen LogP contribution in [0.25, 0.3) is 6.08 Å². The van der Waals surface area contributed by atoms with Crippen LogP contribution in [0, 0.1) is 20.8 Å². The third-order valence-electron chi connectivity index (χ3n) is 3.07. The van der Waals surface area contributed by atoms with E-state index in [1.54, 1.807) is 14.0 Å². The molecule has 104 valence electrons. The fraction of sp³-hybridized carbons (Fsp3) is 0.400. The molecule has 0 N–H and O–H groups in total. The highest BCUT2D eigenvalue weighted by Crippen LogP contribution is 2.29. The molecule has 0 aliphatic heterocycles. The topological polar surface area (TPSA) is 35.5 Å². The third kappa shape index (κ3) is 3.34. The second-order valence-electron chi connectivity index (χ2n) is 4.27. The number of hydrogen-bond acceptors (Lipinski definition) is 3. The maximum atomic E-state index is 13.7. The van der Waals surface area contributed by atoms with Crippen LogP contribution in [0.15, 0.2) is 11.9 Å². The smallest absolute Gasteiger partial charge is 0.367 e. The largest absolute Gasteiger partial charge is 0.496 e. The fourth-order valence-corrected chi connectivity index (χ4v) is 1.88. The number of hydrogen-bond donors (Lipinski definition) is 0. The minimum absolute atomic E-state index is 0.152. The first-order chi connectivity index (χ1) is 8.92. The van der Waals surface area contributed by atoms with Crippen molar-refractivity contribution in [1.82, 2.24) is 0 Å². The lowest BCUT2D eigenvalue weighted by molar-refractivity contribution is -0.140. The Hall–Kier alpha value is -1.84. The molecule has 0 radical (unpaired) electrons. The van der Waals surface area contributed by atoms with Crippen molar-refractivity contribution < 1.29 is 18.7 Å². The van der Waals surface area contributed by atoms with Gasteiger partial charge in [-0.05, 0) is 62.1 Å². The molecule has 19 heavy (non-hydrogen) atoms. The van der Waals surface area contributed by atoms with Crippen LogP contribution in [-0.4, -0.2) is 19.7 Å². The van der Waals surface area contributed by atoms with E-state index in [1.165, 1.54) is 6.08 Å². The average molecular weight is 266 g/mol. The molecule has 1 aromatic carbocycles. The average Bonchev–Trinajstić information content (AvgIpc) is 2.38. The van der Waals surface area contributed by atoms with E-state index in [0.29, 0.717) is 5.56 Å². The lowest BCUT2D eigenvalue weighted by Gasteiger charge is -2.13. The van der Waals surface area contributed by atoms with Crippen LogP contribution in [0.2, 0.25) is 0 Å². The first-order valence-electron chi connectivity index (χ1n) is 6.11. The van der Waals surface area contributed by atoms with Crippen molar-refractivity contribution in [3.05, 3.63) is 34.1 Å². The van der Waals surface area contributed by atoms with Crippen LogP contribution in [0.5, 0.6) is 5.75 Å². The summed E-state index contributed by atoms with van der Waals surface area (Å²) in [5.74, 6) is -1.07. The van der Waals surface area contributed by atoms with Crippen molar-refractivity contribution in [3.8, 4) is 5.75 Å². The van der Waals surface area contributed by atoms with Gasteiger partial charge in [-0.1, -0.05) is 0 Å². The molecule has 0 bridgehead atoms. The van der Waals surface area contributed by atoms with Crippen molar-refractivity contribution in [2.24, 2.45) is 0 Å². The summed E-state index contributed by atoms with van der Waals surface area (Å²) in [6, 6.07) is 1.83. The Morgan fingerprint density at radius 2 is 1.95 bits per heavy atom. The first kappa shape index (κ1) is 15.2. The van der Waals surface area contributed by atoms with Crippen LogP contribution in [0.4, 0.5) is 4.39 Å². The third-order valence-corrected chi connectivity index (χ3v) is 3.07. The summed E-state index contributed by atoms with van der Waals surface area (Å²) in [4.78, 5) is 11.3. The standard InChI is InChI=1S/C15H19FO3/c1-6-19-15(17)13(16)8-12-9(2)7-14(18-5)11(4)10(12)3/h7-8H,6H2,1-5H3.